The number of thiocarbonyl (C=S) groups is 1. The lowest BCUT2D eigenvalue weighted by molar-refractivity contribution is -0.137. The van der Waals surface area contributed by atoms with E-state index in [1.807, 2.05) is 0 Å². The first-order valence-electron chi connectivity index (χ1n) is 5.72. The molecule has 0 aliphatic rings. The van der Waals surface area contributed by atoms with Gasteiger partial charge in [-0.2, -0.15) is 13.2 Å². The van der Waals surface area contributed by atoms with Gasteiger partial charge in [-0.15, -0.1) is 0 Å². The minimum atomic E-state index is -4.39. The van der Waals surface area contributed by atoms with E-state index in [0.717, 1.165) is 12.1 Å². The van der Waals surface area contributed by atoms with Crippen LogP contribution in [0.3, 0.4) is 0 Å². The standard InChI is InChI=1S/C14H9ClF3NOS/c15-9-3-6-11(13(19)21)12(7-9)20-10-4-1-8(2-5-10)14(16,17)18/h1-7H,(H2,19,21). The van der Waals surface area contributed by atoms with Crippen molar-refractivity contribution in [2.45, 2.75) is 6.18 Å². The van der Waals surface area contributed by atoms with E-state index in [0.29, 0.717) is 10.6 Å². The van der Waals surface area contributed by atoms with Crippen LogP contribution < -0.4 is 10.5 Å². The molecule has 0 heterocycles. The molecule has 0 saturated carbocycles. The van der Waals surface area contributed by atoms with Crippen molar-refractivity contribution in [2.75, 3.05) is 0 Å². The fraction of sp³-hybridized carbons (Fsp3) is 0.0714. The summed E-state index contributed by atoms with van der Waals surface area (Å²) < 4.78 is 42.9. The average Bonchev–Trinajstić information content (AvgIpc) is 2.38. The van der Waals surface area contributed by atoms with Crippen LogP contribution >= 0.6 is 23.8 Å². The van der Waals surface area contributed by atoms with Gasteiger partial charge in [-0.05, 0) is 36.4 Å². The van der Waals surface area contributed by atoms with E-state index in [1.165, 1.54) is 18.2 Å². The van der Waals surface area contributed by atoms with Gasteiger partial charge < -0.3 is 10.5 Å². The summed E-state index contributed by atoms with van der Waals surface area (Å²) in [7, 11) is 0. The van der Waals surface area contributed by atoms with Gasteiger partial charge >= 0.3 is 6.18 Å². The van der Waals surface area contributed by atoms with Crippen LogP contribution in [0.15, 0.2) is 42.5 Å². The summed E-state index contributed by atoms with van der Waals surface area (Å²) in [4.78, 5) is 0.105. The molecular weight excluding hydrogens is 323 g/mol. The molecule has 110 valence electrons. The Labute approximate surface area is 129 Å². The first-order valence-corrected chi connectivity index (χ1v) is 6.50. The maximum atomic E-state index is 12.5. The number of hydrogen-bond donors (Lipinski definition) is 1. The van der Waals surface area contributed by atoms with Crippen molar-refractivity contribution in [1.82, 2.24) is 0 Å². The molecule has 0 saturated heterocycles. The molecule has 0 amide bonds. The lowest BCUT2D eigenvalue weighted by atomic mass is 10.2. The molecular formula is C14H9ClF3NOS. The molecule has 7 heteroatoms. The highest BCUT2D eigenvalue weighted by Gasteiger charge is 2.30. The minimum Gasteiger partial charge on any atom is -0.457 e. The summed E-state index contributed by atoms with van der Waals surface area (Å²) in [6.45, 7) is 0. The molecule has 0 aliphatic carbocycles. The predicted octanol–water partition coefficient (Wildman–Crippen LogP) is 4.79. The van der Waals surface area contributed by atoms with Crippen molar-refractivity contribution in [3.63, 3.8) is 0 Å². The second-order valence-electron chi connectivity index (χ2n) is 4.13. The number of hydrogen-bond acceptors (Lipinski definition) is 2. The molecule has 0 aromatic heterocycles. The monoisotopic (exact) mass is 331 g/mol. The smallest absolute Gasteiger partial charge is 0.416 e. The Morgan fingerprint density at radius 1 is 1.10 bits per heavy atom. The Hall–Kier alpha value is -1.79. The largest absolute Gasteiger partial charge is 0.457 e. The summed E-state index contributed by atoms with van der Waals surface area (Å²) in [5, 5.41) is 0.400. The van der Waals surface area contributed by atoms with E-state index in [-0.39, 0.29) is 16.5 Å². The Morgan fingerprint density at radius 2 is 1.71 bits per heavy atom. The molecule has 2 rings (SSSR count). The molecule has 0 radical (unpaired) electrons. The minimum absolute atomic E-state index is 0.105. The van der Waals surface area contributed by atoms with Crippen molar-refractivity contribution in [2.24, 2.45) is 5.73 Å². The molecule has 0 spiro atoms. The summed E-state index contributed by atoms with van der Waals surface area (Å²) in [5.41, 5.74) is 5.26. The molecule has 0 unspecified atom stereocenters. The van der Waals surface area contributed by atoms with Crippen LogP contribution in [0, 0.1) is 0 Å². The zero-order valence-corrected chi connectivity index (χ0v) is 12.0. The quantitative estimate of drug-likeness (QED) is 0.822. The van der Waals surface area contributed by atoms with E-state index in [2.05, 4.69) is 0 Å². The van der Waals surface area contributed by atoms with E-state index < -0.39 is 11.7 Å². The van der Waals surface area contributed by atoms with Crippen LogP contribution in [0.4, 0.5) is 13.2 Å². The van der Waals surface area contributed by atoms with E-state index in [9.17, 15) is 13.2 Å². The third-order valence-electron chi connectivity index (χ3n) is 2.62. The molecule has 2 N–H and O–H groups in total. The van der Waals surface area contributed by atoms with Crippen LogP contribution in [0.5, 0.6) is 11.5 Å². The first-order chi connectivity index (χ1) is 9.77. The Morgan fingerprint density at radius 3 is 2.24 bits per heavy atom. The van der Waals surface area contributed by atoms with Gasteiger partial charge in [0, 0.05) is 11.1 Å². The van der Waals surface area contributed by atoms with Gasteiger partial charge in [0.05, 0.1) is 11.1 Å². The van der Waals surface area contributed by atoms with Crippen LogP contribution in [-0.2, 0) is 6.18 Å². The van der Waals surface area contributed by atoms with Crippen LogP contribution in [0.2, 0.25) is 5.02 Å². The highest BCUT2D eigenvalue weighted by atomic mass is 35.5. The number of nitrogens with two attached hydrogens (primary N) is 1. The third kappa shape index (κ3) is 3.86. The number of halogens is 4. The van der Waals surface area contributed by atoms with E-state index in [1.54, 1.807) is 12.1 Å². The number of ether oxygens (including phenoxy) is 1. The molecule has 0 fully saturated rings. The molecule has 0 atom stereocenters. The lowest BCUT2D eigenvalue weighted by Gasteiger charge is -2.12. The molecule has 2 aromatic rings. The zero-order valence-electron chi connectivity index (χ0n) is 10.4. The Kier molecular flexibility index (Phi) is 4.39. The van der Waals surface area contributed by atoms with Gasteiger partial charge in [-0.25, -0.2) is 0 Å². The highest BCUT2D eigenvalue weighted by Crippen LogP contribution is 2.32. The fourth-order valence-corrected chi connectivity index (χ4v) is 1.95. The van der Waals surface area contributed by atoms with Gasteiger partial charge in [0.25, 0.3) is 0 Å². The van der Waals surface area contributed by atoms with Crippen LogP contribution in [-0.4, -0.2) is 4.99 Å². The molecule has 2 aromatic carbocycles. The van der Waals surface area contributed by atoms with Crippen LogP contribution in [0.25, 0.3) is 0 Å². The zero-order chi connectivity index (χ0) is 15.6. The summed E-state index contributed by atoms with van der Waals surface area (Å²) >= 11 is 10.7. The molecule has 0 aliphatic heterocycles. The first kappa shape index (κ1) is 15.6. The number of alkyl halides is 3. The molecule has 2 nitrogen and oxygen atoms in total. The summed E-state index contributed by atoms with van der Waals surface area (Å²) in [5.74, 6) is 0.512. The topological polar surface area (TPSA) is 35.2 Å². The van der Waals surface area contributed by atoms with Crippen molar-refractivity contribution in [3.05, 3.63) is 58.6 Å². The molecule has 0 bridgehead atoms. The lowest BCUT2D eigenvalue weighted by Crippen LogP contribution is -2.10. The third-order valence-corrected chi connectivity index (χ3v) is 3.07. The number of rotatable bonds is 3. The van der Waals surface area contributed by atoms with E-state index >= 15 is 0 Å². The fourth-order valence-electron chi connectivity index (χ4n) is 1.62. The van der Waals surface area contributed by atoms with Crippen molar-refractivity contribution < 1.29 is 17.9 Å². The second kappa shape index (κ2) is 5.91. The van der Waals surface area contributed by atoms with Crippen molar-refractivity contribution >= 4 is 28.8 Å². The van der Waals surface area contributed by atoms with Crippen LogP contribution in [0.1, 0.15) is 11.1 Å². The number of benzene rings is 2. The average molecular weight is 332 g/mol. The Bertz CT molecular complexity index is 671. The maximum absolute atomic E-state index is 12.5. The normalized spacial score (nSPS) is 11.2. The van der Waals surface area contributed by atoms with Gasteiger partial charge in [0.1, 0.15) is 16.5 Å². The van der Waals surface area contributed by atoms with Gasteiger partial charge in [0.15, 0.2) is 0 Å². The van der Waals surface area contributed by atoms with Crippen molar-refractivity contribution in [1.29, 1.82) is 0 Å². The highest BCUT2D eigenvalue weighted by molar-refractivity contribution is 7.80. The van der Waals surface area contributed by atoms with Crippen molar-refractivity contribution in [3.8, 4) is 11.5 Å². The van der Waals surface area contributed by atoms with Gasteiger partial charge in [-0.3, -0.25) is 0 Å². The van der Waals surface area contributed by atoms with Gasteiger partial charge in [0.2, 0.25) is 0 Å². The SMILES string of the molecule is NC(=S)c1ccc(Cl)cc1Oc1ccc(C(F)(F)F)cc1. The Balaban J connectivity index is 2.30. The summed E-state index contributed by atoms with van der Waals surface area (Å²) in [6.07, 6.45) is -4.39. The predicted molar refractivity (Wildman–Crippen MR) is 78.9 cm³/mol. The maximum Gasteiger partial charge on any atom is 0.416 e. The van der Waals surface area contributed by atoms with Gasteiger partial charge in [-0.1, -0.05) is 23.8 Å². The van der Waals surface area contributed by atoms with E-state index in [4.69, 9.17) is 34.3 Å². The summed E-state index contributed by atoms with van der Waals surface area (Å²) in [6, 6.07) is 8.97. The molecule has 21 heavy (non-hydrogen) atoms. The second-order valence-corrected chi connectivity index (χ2v) is 5.01.